The van der Waals surface area contributed by atoms with Gasteiger partial charge < -0.3 is 10.1 Å². The summed E-state index contributed by atoms with van der Waals surface area (Å²) in [4.78, 5) is 0. The zero-order chi connectivity index (χ0) is 10.5. The molecule has 2 heteroatoms. The molecule has 0 aromatic carbocycles. The van der Waals surface area contributed by atoms with Gasteiger partial charge in [0.05, 0.1) is 6.10 Å². The molecule has 0 heterocycles. The zero-order valence-electron chi connectivity index (χ0n) is 10.0. The number of nitrogens with one attached hydrogen (secondary N) is 1. The predicted octanol–water partition coefficient (Wildman–Crippen LogP) is 2.72. The highest BCUT2D eigenvalue weighted by Gasteiger charge is 2.22. The summed E-state index contributed by atoms with van der Waals surface area (Å²) in [5, 5.41) is 3.70. The van der Waals surface area contributed by atoms with Crippen LogP contribution in [0.15, 0.2) is 0 Å². The van der Waals surface area contributed by atoms with Crippen molar-refractivity contribution in [1.29, 1.82) is 0 Å². The summed E-state index contributed by atoms with van der Waals surface area (Å²) < 4.78 is 5.44. The Morgan fingerprint density at radius 2 is 1.93 bits per heavy atom. The molecule has 0 saturated heterocycles. The van der Waals surface area contributed by atoms with Crippen LogP contribution < -0.4 is 5.32 Å². The molecule has 0 spiro atoms. The Morgan fingerprint density at radius 1 is 1.13 bits per heavy atom. The minimum Gasteiger partial charge on any atom is -0.381 e. The Labute approximate surface area is 93.8 Å². The first-order valence-electron chi connectivity index (χ1n) is 6.64. The maximum atomic E-state index is 5.44. The number of hydrogen-bond acceptors (Lipinski definition) is 2. The molecule has 0 bridgehead atoms. The Balaban J connectivity index is 1.56. The van der Waals surface area contributed by atoms with E-state index in [1.54, 1.807) is 0 Å². The number of rotatable bonds is 5. The molecule has 2 fully saturated rings. The topological polar surface area (TPSA) is 21.3 Å². The third-order valence-corrected chi connectivity index (χ3v) is 4.17. The molecule has 15 heavy (non-hydrogen) atoms. The van der Waals surface area contributed by atoms with Crippen LogP contribution in [0.3, 0.4) is 0 Å². The highest BCUT2D eigenvalue weighted by molar-refractivity contribution is 4.79. The first kappa shape index (κ1) is 11.4. The zero-order valence-corrected chi connectivity index (χ0v) is 10.0. The number of ether oxygens (including phenoxy) is 1. The SMILES string of the molecule is COC1CCCC(NCCC2CCC2)C1. The molecule has 0 aromatic heterocycles. The molecule has 2 rings (SSSR count). The van der Waals surface area contributed by atoms with Crippen molar-refractivity contribution < 1.29 is 4.74 Å². The second-order valence-corrected chi connectivity index (χ2v) is 5.26. The van der Waals surface area contributed by atoms with Gasteiger partial charge in [-0.05, 0) is 44.6 Å². The summed E-state index contributed by atoms with van der Waals surface area (Å²) in [7, 11) is 1.85. The lowest BCUT2D eigenvalue weighted by Gasteiger charge is -2.30. The highest BCUT2D eigenvalue weighted by atomic mass is 16.5. The van der Waals surface area contributed by atoms with Gasteiger partial charge >= 0.3 is 0 Å². The lowest BCUT2D eigenvalue weighted by atomic mass is 9.83. The first-order chi connectivity index (χ1) is 7.38. The van der Waals surface area contributed by atoms with Gasteiger partial charge in [0.25, 0.3) is 0 Å². The smallest absolute Gasteiger partial charge is 0.0586 e. The van der Waals surface area contributed by atoms with E-state index in [4.69, 9.17) is 4.74 Å². The molecule has 1 N–H and O–H groups in total. The quantitative estimate of drug-likeness (QED) is 0.755. The van der Waals surface area contributed by atoms with Crippen molar-refractivity contribution in [2.45, 2.75) is 63.5 Å². The van der Waals surface area contributed by atoms with Crippen molar-refractivity contribution >= 4 is 0 Å². The molecular weight excluding hydrogens is 186 g/mol. The molecule has 0 radical (unpaired) electrons. The first-order valence-corrected chi connectivity index (χ1v) is 6.64. The average molecular weight is 211 g/mol. The standard InChI is InChI=1S/C13H25NO/c1-15-13-7-3-6-12(10-13)14-9-8-11-4-2-5-11/h11-14H,2-10H2,1H3. The molecule has 2 aliphatic rings. The Morgan fingerprint density at radius 3 is 2.60 bits per heavy atom. The van der Waals surface area contributed by atoms with Crippen LogP contribution in [0.2, 0.25) is 0 Å². The summed E-state index contributed by atoms with van der Waals surface area (Å²) in [6.07, 6.45) is 11.5. The van der Waals surface area contributed by atoms with Gasteiger partial charge in [-0.3, -0.25) is 0 Å². The van der Waals surface area contributed by atoms with E-state index >= 15 is 0 Å². The molecule has 2 nitrogen and oxygen atoms in total. The van der Waals surface area contributed by atoms with Crippen LogP contribution in [0.5, 0.6) is 0 Å². The van der Waals surface area contributed by atoms with Crippen molar-refractivity contribution in [1.82, 2.24) is 5.32 Å². The van der Waals surface area contributed by atoms with Crippen molar-refractivity contribution in [3.63, 3.8) is 0 Å². The molecule has 0 amide bonds. The fourth-order valence-corrected chi connectivity index (χ4v) is 2.82. The summed E-state index contributed by atoms with van der Waals surface area (Å²) in [5.74, 6) is 1.04. The van der Waals surface area contributed by atoms with Gasteiger partial charge in [-0.2, -0.15) is 0 Å². The van der Waals surface area contributed by atoms with Gasteiger partial charge in [0.15, 0.2) is 0 Å². The van der Waals surface area contributed by atoms with Crippen LogP contribution in [0, 0.1) is 5.92 Å². The third-order valence-electron chi connectivity index (χ3n) is 4.17. The highest BCUT2D eigenvalue weighted by Crippen LogP contribution is 2.29. The predicted molar refractivity (Wildman–Crippen MR) is 63.0 cm³/mol. The molecule has 2 unspecified atom stereocenters. The van der Waals surface area contributed by atoms with Crippen molar-refractivity contribution in [3.8, 4) is 0 Å². The third kappa shape index (κ3) is 3.46. The Kier molecular flexibility index (Phi) is 4.45. The maximum absolute atomic E-state index is 5.44. The van der Waals surface area contributed by atoms with Gasteiger partial charge in [0, 0.05) is 13.2 Å². The fourth-order valence-electron chi connectivity index (χ4n) is 2.82. The Hall–Kier alpha value is -0.0800. The molecule has 2 aliphatic carbocycles. The summed E-state index contributed by atoms with van der Waals surface area (Å²) in [6, 6.07) is 0.726. The van der Waals surface area contributed by atoms with Crippen LogP contribution in [0.25, 0.3) is 0 Å². The monoisotopic (exact) mass is 211 g/mol. The molecule has 2 atom stereocenters. The van der Waals surface area contributed by atoms with E-state index in [0.29, 0.717) is 6.10 Å². The van der Waals surface area contributed by atoms with Crippen molar-refractivity contribution in [3.05, 3.63) is 0 Å². The van der Waals surface area contributed by atoms with E-state index < -0.39 is 0 Å². The summed E-state index contributed by atoms with van der Waals surface area (Å²) >= 11 is 0. The van der Waals surface area contributed by atoms with Crippen molar-refractivity contribution in [2.75, 3.05) is 13.7 Å². The van der Waals surface area contributed by atoms with Gasteiger partial charge in [-0.25, -0.2) is 0 Å². The van der Waals surface area contributed by atoms with Crippen LogP contribution in [-0.4, -0.2) is 25.8 Å². The molecular formula is C13H25NO. The van der Waals surface area contributed by atoms with Crippen LogP contribution in [0.1, 0.15) is 51.4 Å². The van der Waals surface area contributed by atoms with Crippen LogP contribution in [0.4, 0.5) is 0 Å². The van der Waals surface area contributed by atoms with E-state index in [9.17, 15) is 0 Å². The number of hydrogen-bond donors (Lipinski definition) is 1. The lowest BCUT2D eigenvalue weighted by Crippen LogP contribution is -2.37. The largest absolute Gasteiger partial charge is 0.381 e. The molecule has 0 aromatic rings. The lowest BCUT2D eigenvalue weighted by molar-refractivity contribution is 0.0585. The normalized spacial score (nSPS) is 32.6. The van der Waals surface area contributed by atoms with Crippen LogP contribution in [-0.2, 0) is 4.74 Å². The minimum atomic E-state index is 0.514. The van der Waals surface area contributed by atoms with E-state index in [0.717, 1.165) is 12.0 Å². The molecule has 2 saturated carbocycles. The van der Waals surface area contributed by atoms with Gasteiger partial charge in [-0.15, -0.1) is 0 Å². The van der Waals surface area contributed by atoms with Crippen molar-refractivity contribution in [2.24, 2.45) is 5.92 Å². The fraction of sp³-hybridized carbons (Fsp3) is 1.00. The number of methoxy groups -OCH3 is 1. The van der Waals surface area contributed by atoms with Crippen LogP contribution >= 0.6 is 0 Å². The second-order valence-electron chi connectivity index (χ2n) is 5.26. The Bertz CT molecular complexity index is 179. The summed E-state index contributed by atoms with van der Waals surface area (Å²) in [6.45, 7) is 1.23. The maximum Gasteiger partial charge on any atom is 0.0586 e. The van der Waals surface area contributed by atoms with E-state index in [2.05, 4.69) is 5.32 Å². The van der Waals surface area contributed by atoms with Gasteiger partial charge in [0.1, 0.15) is 0 Å². The summed E-state index contributed by atoms with van der Waals surface area (Å²) in [5.41, 5.74) is 0. The van der Waals surface area contributed by atoms with E-state index in [1.807, 2.05) is 7.11 Å². The van der Waals surface area contributed by atoms with E-state index in [1.165, 1.54) is 57.9 Å². The minimum absolute atomic E-state index is 0.514. The average Bonchev–Trinajstić information content (AvgIpc) is 2.22. The molecule has 0 aliphatic heterocycles. The van der Waals surface area contributed by atoms with Gasteiger partial charge in [-0.1, -0.05) is 19.3 Å². The van der Waals surface area contributed by atoms with Gasteiger partial charge in [0.2, 0.25) is 0 Å². The van der Waals surface area contributed by atoms with E-state index in [-0.39, 0.29) is 0 Å². The molecule has 88 valence electrons. The second kappa shape index (κ2) is 5.86.